The molecule has 0 aromatic heterocycles. The Morgan fingerprint density at radius 2 is 2.00 bits per heavy atom. The van der Waals surface area contributed by atoms with Gasteiger partial charge in [0.15, 0.2) is 0 Å². The Kier molecular flexibility index (Phi) is 7.23. The molecule has 1 rings (SSSR count). The quantitative estimate of drug-likeness (QED) is 0.553. The van der Waals surface area contributed by atoms with Crippen molar-refractivity contribution in [2.45, 2.75) is 46.5 Å². The number of alkyl halides is 1. The zero-order valence-electron chi connectivity index (χ0n) is 12.3. The molecule has 0 radical (unpaired) electrons. The molecule has 0 heterocycles. The van der Waals surface area contributed by atoms with Gasteiger partial charge in [-0.3, -0.25) is 0 Å². The minimum Gasteiger partial charge on any atom is -0.493 e. The summed E-state index contributed by atoms with van der Waals surface area (Å²) in [5.41, 5.74) is 2.27. The molecular formula is C16H24BrClO. The van der Waals surface area contributed by atoms with Crippen molar-refractivity contribution in [2.75, 3.05) is 11.9 Å². The molecule has 0 N–H and O–H groups in total. The smallest absolute Gasteiger partial charge is 0.122 e. The third-order valence-corrected chi connectivity index (χ3v) is 4.55. The van der Waals surface area contributed by atoms with Crippen LogP contribution in [-0.2, 0) is 0 Å². The number of halogens is 2. The number of rotatable bonds is 7. The zero-order chi connectivity index (χ0) is 14.4. The van der Waals surface area contributed by atoms with Gasteiger partial charge in [0, 0.05) is 16.3 Å². The summed E-state index contributed by atoms with van der Waals surface area (Å²) >= 11 is 9.83. The van der Waals surface area contributed by atoms with E-state index in [4.69, 9.17) is 16.3 Å². The molecule has 0 spiro atoms. The Morgan fingerprint density at radius 3 is 2.53 bits per heavy atom. The van der Waals surface area contributed by atoms with E-state index in [0.29, 0.717) is 11.8 Å². The lowest BCUT2D eigenvalue weighted by atomic mass is 10.0. The second-order valence-corrected chi connectivity index (χ2v) is 6.47. The van der Waals surface area contributed by atoms with Gasteiger partial charge >= 0.3 is 0 Å². The maximum atomic E-state index is 6.27. The van der Waals surface area contributed by atoms with Crippen molar-refractivity contribution >= 4 is 27.5 Å². The third kappa shape index (κ3) is 5.00. The normalized spacial score (nSPS) is 12.8. The molecule has 0 aliphatic carbocycles. The topological polar surface area (TPSA) is 9.23 Å². The van der Waals surface area contributed by atoms with E-state index in [9.17, 15) is 0 Å². The molecule has 3 heteroatoms. The summed E-state index contributed by atoms with van der Waals surface area (Å²) in [6.07, 6.45) is 2.38. The molecule has 108 valence electrons. The van der Waals surface area contributed by atoms with Crippen LogP contribution in [0.3, 0.4) is 0 Å². The number of ether oxygens (including phenoxy) is 1. The van der Waals surface area contributed by atoms with Gasteiger partial charge in [0.25, 0.3) is 0 Å². The van der Waals surface area contributed by atoms with E-state index in [-0.39, 0.29) is 0 Å². The minimum atomic E-state index is 0.415. The molecule has 0 aliphatic rings. The van der Waals surface area contributed by atoms with Gasteiger partial charge in [0.2, 0.25) is 0 Å². The van der Waals surface area contributed by atoms with Gasteiger partial charge in [0.05, 0.1) is 6.61 Å². The van der Waals surface area contributed by atoms with Crippen LogP contribution >= 0.6 is 27.5 Å². The SMILES string of the molecule is CCCC(CBr)COc1cc(C(C)C)c(Cl)cc1C. The summed E-state index contributed by atoms with van der Waals surface area (Å²) in [5, 5.41) is 1.83. The molecule has 0 aliphatic heterocycles. The molecule has 0 saturated carbocycles. The maximum Gasteiger partial charge on any atom is 0.122 e. The second-order valence-electron chi connectivity index (χ2n) is 5.41. The number of hydrogen-bond donors (Lipinski definition) is 0. The van der Waals surface area contributed by atoms with Gasteiger partial charge in [0.1, 0.15) is 5.75 Å². The van der Waals surface area contributed by atoms with Crippen molar-refractivity contribution in [3.05, 3.63) is 28.3 Å². The van der Waals surface area contributed by atoms with E-state index < -0.39 is 0 Å². The third-order valence-electron chi connectivity index (χ3n) is 3.31. The zero-order valence-corrected chi connectivity index (χ0v) is 14.6. The van der Waals surface area contributed by atoms with Crippen molar-refractivity contribution in [3.8, 4) is 5.75 Å². The number of benzene rings is 1. The van der Waals surface area contributed by atoms with E-state index in [2.05, 4.69) is 42.8 Å². The summed E-state index contributed by atoms with van der Waals surface area (Å²) in [7, 11) is 0. The lowest BCUT2D eigenvalue weighted by molar-refractivity contribution is 0.253. The van der Waals surface area contributed by atoms with Crippen molar-refractivity contribution in [2.24, 2.45) is 5.92 Å². The number of hydrogen-bond acceptors (Lipinski definition) is 1. The first-order valence-electron chi connectivity index (χ1n) is 6.98. The Morgan fingerprint density at radius 1 is 1.32 bits per heavy atom. The van der Waals surface area contributed by atoms with Crippen molar-refractivity contribution < 1.29 is 4.74 Å². The highest BCUT2D eigenvalue weighted by molar-refractivity contribution is 9.09. The molecule has 0 amide bonds. The lowest BCUT2D eigenvalue weighted by Gasteiger charge is -2.18. The van der Waals surface area contributed by atoms with Crippen LogP contribution in [0.15, 0.2) is 12.1 Å². The van der Waals surface area contributed by atoms with Crippen LogP contribution in [0.5, 0.6) is 5.75 Å². The molecule has 19 heavy (non-hydrogen) atoms. The molecule has 1 atom stereocenters. The molecule has 0 saturated heterocycles. The predicted octanol–water partition coefficient (Wildman–Crippen LogP) is 5.96. The Balaban J connectivity index is 2.80. The molecule has 1 aromatic rings. The van der Waals surface area contributed by atoms with Crippen LogP contribution in [0.1, 0.15) is 50.7 Å². The molecule has 0 fully saturated rings. The van der Waals surface area contributed by atoms with Crippen LogP contribution < -0.4 is 4.74 Å². The number of aryl methyl sites for hydroxylation is 1. The van der Waals surface area contributed by atoms with E-state index in [1.165, 1.54) is 12.8 Å². The fourth-order valence-corrected chi connectivity index (χ4v) is 3.03. The van der Waals surface area contributed by atoms with Gasteiger partial charge < -0.3 is 4.74 Å². The summed E-state index contributed by atoms with van der Waals surface area (Å²) in [5.74, 6) is 1.95. The Hall–Kier alpha value is -0.210. The highest BCUT2D eigenvalue weighted by Crippen LogP contribution is 2.31. The summed E-state index contributed by atoms with van der Waals surface area (Å²) in [6.45, 7) is 9.32. The van der Waals surface area contributed by atoms with E-state index >= 15 is 0 Å². The molecule has 1 nitrogen and oxygen atoms in total. The molecule has 1 aromatic carbocycles. The van der Waals surface area contributed by atoms with E-state index in [1.54, 1.807) is 0 Å². The van der Waals surface area contributed by atoms with Gasteiger partial charge in [-0.25, -0.2) is 0 Å². The lowest BCUT2D eigenvalue weighted by Crippen LogP contribution is -2.14. The van der Waals surface area contributed by atoms with E-state index in [1.807, 2.05) is 13.0 Å². The van der Waals surface area contributed by atoms with Crippen LogP contribution in [0.4, 0.5) is 0 Å². The first-order chi connectivity index (χ1) is 8.99. The van der Waals surface area contributed by atoms with Crippen molar-refractivity contribution in [1.29, 1.82) is 0 Å². The summed E-state index contributed by atoms with van der Waals surface area (Å²) in [6, 6.07) is 4.11. The first-order valence-corrected chi connectivity index (χ1v) is 8.48. The largest absolute Gasteiger partial charge is 0.493 e. The van der Waals surface area contributed by atoms with Crippen LogP contribution in [-0.4, -0.2) is 11.9 Å². The maximum absolute atomic E-state index is 6.27. The highest BCUT2D eigenvalue weighted by atomic mass is 79.9. The Bertz CT molecular complexity index is 404. The highest BCUT2D eigenvalue weighted by Gasteiger charge is 2.12. The fourth-order valence-electron chi connectivity index (χ4n) is 2.09. The average Bonchev–Trinajstić information content (AvgIpc) is 2.35. The Labute approximate surface area is 130 Å². The predicted molar refractivity (Wildman–Crippen MR) is 88.0 cm³/mol. The van der Waals surface area contributed by atoms with Gasteiger partial charge in [-0.05, 0) is 42.5 Å². The summed E-state index contributed by atoms with van der Waals surface area (Å²) in [4.78, 5) is 0. The standard InChI is InChI=1S/C16H24BrClO/c1-5-6-13(9-17)10-19-16-8-14(11(2)3)15(18)7-12(16)4/h7-8,11,13H,5-6,9-10H2,1-4H3. The average molecular weight is 348 g/mol. The summed E-state index contributed by atoms with van der Waals surface area (Å²) < 4.78 is 6.00. The molecule has 0 bridgehead atoms. The van der Waals surface area contributed by atoms with Gasteiger partial charge in [-0.2, -0.15) is 0 Å². The van der Waals surface area contributed by atoms with Gasteiger partial charge in [-0.15, -0.1) is 0 Å². The van der Waals surface area contributed by atoms with Crippen LogP contribution in [0.2, 0.25) is 5.02 Å². The molecule has 1 unspecified atom stereocenters. The van der Waals surface area contributed by atoms with Crippen LogP contribution in [0.25, 0.3) is 0 Å². The van der Waals surface area contributed by atoms with Crippen LogP contribution in [0, 0.1) is 12.8 Å². The first kappa shape index (κ1) is 16.8. The fraction of sp³-hybridized carbons (Fsp3) is 0.625. The van der Waals surface area contributed by atoms with E-state index in [0.717, 1.165) is 33.8 Å². The van der Waals surface area contributed by atoms with Crippen molar-refractivity contribution in [1.82, 2.24) is 0 Å². The van der Waals surface area contributed by atoms with Crippen molar-refractivity contribution in [3.63, 3.8) is 0 Å². The minimum absolute atomic E-state index is 0.415. The van der Waals surface area contributed by atoms with Gasteiger partial charge in [-0.1, -0.05) is 54.7 Å². The second kappa shape index (κ2) is 8.16. The molecular weight excluding hydrogens is 324 g/mol. The monoisotopic (exact) mass is 346 g/mol.